The molecule has 0 aliphatic carbocycles. The molecule has 1 aromatic heterocycles. The second-order valence-corrected chi connectivity index (χ2v) is 8.71. The zero-order valence-electron chi connectivity index (χ0n) is 18.4. The summed E-state index contributed by atoms with van der Waals surface area (Å²) < 4.78 is 6.63. The van der Waals surface area contributed by atoms with Gasteiger partial charge in [-0.15, -0.1) is 0 Å². The molecule has 1 saturated heterocycles. The molecule has 2 unspecified atom stereocenters. The number of aliphatic hydroxyl groups is 1. The molecule has 0 saturated carbocycles. The van der Waals surface area contributed by atoms with Crippen LogP contribution in [0, 0.1) is 0 Å². The average Bonchev–Trinajstić information content (AvgIpc) is 3.23. The van der Waals surface area contributed by atoms with Gasteiger partial charge in [-0.2, -0.15) is 0 Å². The SMILES string of the molecule is C[N+]1(CCc2cnccn2)CCCC1COC(=O)C(O)(c1ccccc1)c1ccccc1. The molecule has 2 aromatic carbocycles. The number of hydrogen-bond donors (Lipinski definition) is 1. The van der Waals surface area contributed by atoms with Gasteiger partial charge in [-0.1, -0.05) is 60.7 Å². The number of hydrogen-bond acceptors (Lipinski definition) is 5. The van der Waals surface area contributed by atoms with Gasteiger partial charge in [0.05, 0.1) is 25.8 Å². The number of carbonyl (C=O) groups excluding carboxylic acids is 1. The molecule has 4 rings (SSSR count). The lowest BCUT2D eigenvalue weighted by Gasteiger charge is -2.36. The van der Waals surface area contributed by atoms with Gasteiger partial charge >= 0.3 is 5.97 Å². The fraction of sp³-hybridized carbons (Fsp3) is 0.346. The summed E-state index contributed by atoms with van der Waals surface area (Å²) in [6.45, 7) is 2.21. The van der Waals surface area contributed by atoms with E-state index in [1.807, 2.05) is 36.4 Å². The van der Waals surface area contributed by atoms with Crippen LogP contribution in [-0.2, 0) is 21.6 Å². The third-order valence-electron chi connectivity index (χ3n) is 6.67. The number of aromatic nitrogens is 2. The van der Waals surface area contributed by atoms with Crippen molar-refractivity contribution in [1.29, 1.82) is 0 Å². The van der Waals surface area contributed by atoms with E-state index in [1.54, 1.807) is 42.9 Å². The van der Waals surface area contributed by atoms with Crippen molar-refractivity contribution in [3.63, 3.8) is 0 Å². The zero-order valence-corrected chi connectivity index (χ0v) is 18.4. The number of ether oxygens (including phenoxy) is 1. The maximum absolute atomic E-state index is 13.3. The fourth-order valence-corrected chi connectivity index (χ4v) is 4.61. The second kappa shape index (κ2) is 9.59. The van der Waals surface area contributed by atoms with Crippen molar-refractivity contribution in [2.24, 2.45) is 0 Å². The Kier molecular flexibility index (Phi) is 6.63. The molecule has 3 aromatic rings. The summed E-state index contributed by atoms with van der Waals surface area (Å²) in [6, 6.07) is 18.2. The molecule has 6 heteroatoms. The summed E-state index contributed by atoms with van der Waals surface area (Å²) in [5, 5.41) is 11.6. The van der Waals surface area contributed by atoms with Crippen molar-refractivity contribution in [1.82, 2.24) is 9.97 Å². The van der Waals surface area contributed by atoms with Gasteiger partial charge in [0.15, 0.2) is 0 Å². The van der Waals surface area contributed by atoms with Gasteiger partial charge in [-0.3, -0.25) is 9.97 Å². The highest BCUT2D eigenvalue weighted by atomic mass is 16.6. The molecule has 0 spiro atoms. The normalized spacial score (nSPS) is 20.8. The molecule has 6 nitrogen and oxygen atoms in total. The molecule has 1 N–H and O–H groups in total. The van der Waals surface area contributed by atoms with E-state index in [2.05, 4.69) is 17.0 Å². The van der Waals surface area contributed by atoms with E-state index in [9.17, 15) is 9.90 Å². The minimum atomic E-state index is -1.84. The minimum Gasteiger partial charge on any atom is -0.457 e. The molecule has 0 radical (unpaired) electrons. The standard InChI is InChI=1S/C26H30N3O3/c1-29(18-14-23-19-27-15-16-28-23)17-8-13-24(29)20-32-25(30)26(31,21-9-4-2-5-10-21)22-11-6-3-7-12-22/h2-7,9-12,15-16,19,24,31H,8,13-14,17-18,20H2,1H3/q+1. The van der Waals surface area contributed by atoms with Crippen molar-refractivity contribution in [3.8, 4) is 0 Å². The van der Waals surface area contributed by atoms with E-state index in [-0.39, 0.29) is 12.6 Å². The zero-order chi connectivity index (χ0) is 22.4. The molecular weight excluding hydrogens is 402 g/mol. The summed E-state index contributed by atoms with van der Waals surface area (Å²) in [5.41, 5.74) is 0.131. The van der Waals surface area contributed by atoms with E-state index >= 15 is 0 Å². The molecule has 1 aliphatic rings. The molecule has 1 aliphatic heterocycles. The molecule has 2 heterocycles. The van der Waals surface area contributed by atoms with Crippen LogP contribution in [0.15, 0.2) is 79.3 Å². The van der Waals surface area contributed by atoms with Crippen LogP contribution in [-0.4, -0.2) is 58.3 Å². The first-order valence-corrected chi connectivity index (χ1v) is 11.1. The number of rotatable bonds is 8. The van der Waals surface area contributed by atoms with Crippen LogP contribution in [0.4, 0.5) is 0 Å². The number of likely N-dealkylation sites (N-methyl/N-ethyl adjacent to an activating group) is 1. The molecule has 0 amide bonds. The molecule has 32 heavy (non-hydrogen) atoms. The Balaban J connectivity index is 1.48. The number of benzene rings is 2. The van der Waals surface area contributed by atoms with Crippen molar-refractivity contribution < 1.29 is 19.1 Å². The molecule has 166 valence electrons. The van der Waals surface area contributed by atoms with E-state index in [0.29, 0.717) is 11.1 Å². The first-order chi connectivity index (χ1) is 15.5. The Morgan fingerprint density at radius 1 is 1.09 bits per heavy atom. The van der Waals surface area contributed by atoms with Crippen LogP contribution in [0.25, 0.3) is 0 Å². The van der Waals surface area contributed by atoms with E-state index in [0.717, 1.165) is 42.5 Å². The highest BCUT2D eigenvalue weighted by molar-refractivity contribution is 5.85. The largest absolute Gasteiger partial charge is 0.457 e. The second-order valence-electron chi connectivity index (χ2n) is 8.71. The first kappa shape index (κ1) is 22.1. The quantitative estimate of drug-likeness (QED) is 0.437. The van der Waals surface area contributed by atoms with Crippen LogP contribution in [0.1, 0.15) is 29.7 Å². The number of quaternary nitrogens is 1. The highest BCUT2D eigenvalue weighted by Gasteiger charge is 2.44. The first-order valence-electron chi connectivity index (χ1n) is 11.1. The number of carbonyl (C=O) groups is 1. The van der Waals surface area contributed by atoms with Crippen LogP contribution in [0.5, 0.6) is 0 Å². The van der Waals surface area contributed by atoms with E-state index in [1.165, 1.54) is 0 Å². The third-order valence-corrected chi connectivity index (χ3v) is 6.67. The monoisotopic (exact) mass is 432 g/mol. The summed E-state index contributed by atoms with van der Waals surface area (Å²) in [4.78, 5) is 21.8. The Hall–Kier alpha value is -3.09. The van der Waals surface area contributed by atoms with Crippen LogP contribution in [0.2, 0.25) is 0 Å². The predicted octanol–water partition coefficient (Wildman–Crippen LogP) is 3.11. The molecule has 1 fully saturated rings. The summed E-state index contributed by atoms with van der Waals surface area (Å²) >= 11 is 0. The Labute approximate surface area is 189 Å². The van der Waals surface area contributed by atoms with Gasteiger partial charge in [0.2, 0.25) is 5.60 Å². The number of nitrogens with zero attached hydrogens (tertiary/aromatic N) is 3. The topological polar surface area (TPSA) is 72.3 Å². The lowest BCUT2D eigenvalue weighted by Crippen LogP contribution is -2.52. The maximum atomic E-state index is 13.3. The van der Waals surface area contributed by atoms with E-state index < -0.39 is 11.6 Å². The highest BCUT2D eigenvalue weighted by Crippen LogP contribution is 2.32. The van der Waals surface area contributed by atoms with Crippen molar-refractivity contribution >= 4 is 5.97 Å². The number of likely N-dealkylation sites (tertiary alicyclic amines) is 1. The Morgan fingerprint density at radius 3 is 2.34 bits per heavy atom. The average molecular weight is 433 g/mol. The van der Waals surface area contributed by atoms with Crippen molar-refractivity contribution in [2.45, 2.75) is 30.9 Å². The van der Waals surface area contributed by atoms with Crippen molar-refractivity contribution in [2.75, 3.05) is 26.7 Å². The molecule has 0 bridgehead atoms. The van der Waals surface area contributed by atoms with Gasteiger partial charge < -0.3 is 14.3 Å². The van der Waals surface area contributed by atoms with Crippen molar-refractivity contribution in [3.05, 3.63) is 96.1 Å². The van der Waals surface area contributed by atoms with Crippen LogP contribution in [0.3, 0.4) is 0 Å². The van der Waals surface area contributed by atoms with Gasteiger partial charge in [0.25, 0.3) is 0 Å². The lowest BCUT2D eigenvalue weighted by atomic mass is 9.86. The molecular formula is C26H30N3O3+. The van der Waals surface area contributed by atoms with Gasteiger partial charge in [0.1, 0.15) is 12.6 Å². The van der Waals surface area contributed by atoms with Gasteiger partial charge in [-0.25, -0.2) is 4.79 Å². The minimum absolute atomic E-state index is 0.186. The smallest absolute Gasteiger partial charge is 0.347 e. The summed E-state index contributed by atoms with van der Waals surface area (Å²) in [7, 11) is 2.21. The van der Waals surface area contributed by atoms with Crippen LogP contribution < -0.4 is 0 Å². The predicted molar refractivity (Wildman–Crippen MR) is 122 cm³/mol. The van der Waals surface area contributed by atoms with Gasteiger partial charge in [-0.05, 0) is 11.1 Å². The van der Waals surface area contributed by atoms with E-state index in [4.69, 9.17) is 4.74 Å². The summed E-state index contributed by atoms with van der Waals surface area (Å²) in [6.07, 6.45) is 8.09. The fourth-order valence-electron chi connectivity index (χ4n) is 4.61. The number of esters is 1. The van der Waals surface area contributed by atoms with Gasteiger partial charge in [0, 0.05) is 37.9 Å². The Bertz CT molecular complexity index is 975. The Morgan fingerprint density at radius 2 is 1.75 bits per heavy atom. The summed E-state index contributed by atoms with van der Waals surface area (Å²) in [5.74, 6) is -0.637. The lowest BCUT2D eigenvalue weighted by molar-refractivity contribution is -0.921. The van der Waals surface area contributed by atoms with Crippen LogP contribution >= 0.6 is 0 Å². The third kappa shape index (κ3) is 4.56. The molecule has 2 atom stereocenters. The maximum Gasteiger partial charge on any atom is 0.347 e.